The van der Waals surface area contributed by atoms with Crippen molar-refractivity contribution in [2.45, 2.75) is 51.7 Å². The Labute approximate surface area is 183 Å². The van der Waals surface area contributed by atoms with Crippen LogP contribution in [0.1, 0.15) is 55.5 Å². The van der Waals surface area contributed by atoms with Crippen LogP contribution < -0.4 is 10.1 Å². The summed E-state index contributed by atoms with van der Waals surface area (Å²) >= 11 is 5.89. The maximum absolute atomic E-state index is 12.6. The third-order valence-electron chi connectivity index (χ3n) is 5.43. The van der Waals surface area contributed by atoms with E-state index < -0.39 is 6.10 Å². The first-order valence-corrected chi connectivity index (χ1v) is 10.8. The van der Waals surface area contributed by atoms with Gasteiger partial charge in [0.05, 0.1) is 0 Å². The molecule has 0 spiro atoms. The van der Waals surface area contributed by atoms with Crippen molar-refractivity contribution >= 4 is 23.4 Å². The summed E-state index contributed by atoms with van der Waals surface area (Å²) in [6, 6.07) is 14.8. The average Bonchev–Trinajstić information content (AvgIpc) is 2.74. The van der Waals surface area contributed by atoms with E-state index in [1.54, 1.807) is 31.2 Å². The Morgan fingerprint density at radius 3 is 2.30 bits per heavy atom. The van der Waals surface area contributed by atoms with Gasteiger partial charge in [-0.05, 0) is 61.6 Å². The molecule has 2 amide bonds. The van der Waals surface area contributed by atoms with Gasteiger partial charge in [0.25, 0.3) is 11.8 Å². The number of hydrogen-bond donors (Lipinski definition) is 1. The van der Waals surface area contributed by atoms with Gasteiger partial charge in [-0.15, -0.1) is 0 Å². The molecule has 1 aliphatic rings. The summed E-state index contributed by atoms with van der Waals surface area (Å²) < 4.78 is 5.95. The lowest BCUT2D eigenvalue weighted by atomic mass is 10.0. The molecule has 1 atom stereocenters. The first kappa shape index (κ1) is 22.2. The van der Waals surface area contributed by atoms with Crippen LogP contribution in [0.4, 0.5) is 0 Å². The van der Waals surface area contributed by atoms with E-state index >= 15 is 0 Å². The number of halogens is 1. The maximum Gasteiger partial charge on any atom is 0.260 e. The van der Waals surface area contributed by atoms with Crippen molar-refractivity contribution in [3.63, 3.8) is 0 Å². The fraction of sp³-hybridized carbons (Fsp3) is 0.417. The standard InChI is InChI=1S/C24H29ClN2O3/c1-16(2)21-6-4-5-7-22(21)30-17(3)23(28)26-20-12-14-27(15-13-20)24(29)18-8-10-19(25)11-9-18/h4-11,16-17,20H,12-15H2,1-3H3,(H,26,28). The molecule has 3 rings (SSSR count). The van der Waals surface area contributed by atoms with Crippen molar-refractivity contribution in [1.29, 1.82) is 0 Å². The van der Waals surface area contributed by atoms with Crippen LogP contribution in [0.2, 0.25) is 5.02 Å². The lowest BCUT2D eigenvalue weighted by Crippen LogP contribution is -2.49. The lowest BCUT2D eigenvalue weighted by Gasteiger charge is -2.33. The largest absolute Gasteiger partial charge is 0.481 e. The zero-order chi connectivity index (χ0) is 21.7. The second-order valence-corrected chi connectivity index (χ2v) is 8.47. The molecule has 1 fully saturated rings. The Morgan fingerprint density at radius 1 is 1.03 bits per heavy atom. The SMILES string of the molecule is CC(Oc1ccccc1C(C)C)C(=O)NC1CCN(C(=O)c2ccc(Cl)cc2)CC1. The molecule has 1 unspecified atom stereocenters. The molecule has 0 aromatic heterocycles. The third-order valence-corrected chi connectivity index (χ3v) is 5.69. The van der Waals surface area contributed by atoms with E-state index in [4.69, 9.17) is 16.3 Å². The number of amides is 2. The van der Waals surface area contributed by atoms with E-state index in [0.29, 0.717) is 29.6 Å². The number of carbonyl (C=O) groups is 2. The average molecular weight is 429 g/mol. The zero-order valence-electron chi connectivity index (χ0n) is 17.7. The normalized spacial score (nSPS) is 15.7. The molecule has 0 radical (unpaired) electrons. The minimum Gasteiger partial charge on any atom is -0.481 e. The smallest absolute Gasteiger partial charge is 0.260 e. The predicted octanol–water partition coefficient (Wildman–Crippen LogP) is 4.65. The van der Waals surface area contributed by atoms with Crippen LogP contribution in [-0.2, 0) is 4.79 Å². The van der Waals surface area contributed by atoms with Gasteiger partial charge in [0.15, 0.2) is 6.10 Å². The maximum atomic E-state index is 12.6. The number of ether oxygens (including phenoxy) is 1. The highest BCUT2D eigenvalue weighted by Gasteiger charge is 2.26. The summed E-state index contributed by atoms with van der Waals surface area (Å²) in [4.78, 5) is 27.1. The quantitative estimate of drug-likeness (QED) is 0.728. The number of hydrogen-bond acceptors (Lipinski definition) is 3. The highest BCUT2D eigenvalue weighted by molar-refractivity contribution is 6.30. The highest BCUT2D eigenvalue weighted by Crippen LogP contribution is 2.26. The topological polar surface area (TPSA) is 58.6 Å². The van der Waals surface area contributed by atoms with Gasteiger partial charge in [0, 0.05) is 29.7 Å². The molecule has 160 valence electrons. The van der Waals surface area contributed by atoms with Gasteiger partial charge in [0.2, 0.25) is 0 Å². The van der Waals surface area contributed by atoms with E-state index in [2.05, 4.69) is 19.2 Å². The van der Waals surface area contributed by atoms with E-state index in [0.717, 1.165) is 24.2 Å². The second-order valence-electron chi connectivity index (χ2n) is 8.03. The first-order chi connectivity index (χ1) is 14.3. The summed E-state index contributed by atoms with van der Waals surface area (Å²) in [6.07, 6.45) is 0.861. The zero-order valence-corrected chi connectivity index (χ0v) is 18.5. The van der Waals surface area contributed by atoms with Gasteiger partial charge in [0.1, 0.15) is 5.75 Å². The molecule has 0 bridgehead atoms. The van der Waals surface area contributed by atoms with Gasteiger partial charge in [-0.25, -0.2) is 0 Å². The molecule has 30 heavy (non-hydrogen) atoms. The van der Waals surface area contributed by atoms with Crippen LogP contribution in [0.5, 0.6) is 5.75 Å². The molecule has 0 aliphatic carbocycles. The number of rotatable bonds is 6. The van der Waals surface area contributed by atoms with Crippen LogP contribution in [0.15, 0.2) is 48.5 Å². The van der Waals surface area contributed by atoms with Crippen LogP contribution in [0.3, 0.4) is 0 Å². The van der Waals surface area contributed by atoms with Crippen molar-refractivity contribution in [3.05, 3.63) is 64.7 Å². The van der Waals surface area contributed by atoms with Crippen molar-refractivity contribution in [2.75, 3.05) is 13.1 Å². The van der Waals surface area contributed by atoms with Crippen LogP contribution >= 0.6 is 11.6 Å². The van der Waals surface area contributed by atoms with Gasteiger partial charge in [-0.2, -0.15) is 0 Å². The van der Waals surface area contributed by atoms with Crippen molar-refractivity contribution in [1.82, 2.24) is 10.2 Å². The molecule has 1 aliphatic heterocycles. The number of para-hydroxylation sites is 1. The lowest BCUT2D eigenvalue weighted by molar-refractivity contribution is -0.128. The highest BCUT2D eigenvalue weighted by atomic mass is 35.5. The Kier molecular flexibility index (Phi) is 7.38. The van der Waals surface area contributed by atoms with Crippen LogP contribution in [0, 0.1) is 0 Å². The van der Waals surface area contributed by atoms with Crippen molar-refractivity contribution < 1.29 is 14.3 Å². The number of piperidine rings is 1. The van der Waals surface area contributed by atoms with Crippen LogP contribution in [0.25, 0.3) is 0 Å². The summed E-state index contributed by atoms with van der Waals surface area (Å²) in [7, 11) is 0. The monoisotopic (exact) mass is 428 g/mol. The summed E-state index contributed by atoms with van der Waals surface area (Å²) in [5.74, 6) is 0.937. The second kappa shape index (κ2) is 9.98. The summed E-state index contributed by atoms with van der Waals surface area (Å²) in [5, 5.41) is 3.69. The minimum atomic E-state index is -0.585. The third kappa shape index (κ3) is 5.54. The van der Waals surface area contributed by atoms with Crippen molar-refractivity contribution in [2.24, 2.45) is 0 Å². The molecular weight excluding hydrogens is 400 g/mol. The predicted molar refractivity (Wildman–Crippen MR) is 119 cm³/mol. The Balaban J connectivity index is 1.50. The summed E-state index contributed by atoms with van der Waals surface area (Å²) in [5.41, 5.74) is 1.72. The number of carbonyl (C=O) groups excluding carboxylic acids is 2. The molecule has 1 saturated heterocycles. The Hall–Kier alpha value is -2.53. The van der Waals surface area contributed by atoms with Gasteiger partial charge < -0.3 is 15.0 Å². The molecule has 6 heteroatoms. The molecule has 1 heterocycles. The Morgan fingerprint density at radius 2 is 1.67 bits per heavy atom. The Bertz CT molecular complexity index is 874. The van der Waals surface area contributed by atoms with E-state index in [1.165, 1.54) is 0 Å². The van der Waals surface area contributed by atoms with Crippen molar-refractivity contribution in [3.8, 4) is 5.75 Å². The number of nitrogens with zero attached hydrogens (tertiary/aromatic N) is 1. The van der Waals surface area contributed by atoms with Gasteiger partial charge >= 0.3 is 0 Å². The van der Waals surface area contributed by atoms with E-state index in [1.807, 2.05) is 29.2 Å². The molecule has 0 saturated carbocycles. The van der Waals surface area contributed by atoms with Gasteiger partial charge in [-0.3, -0.25) is 9.59 Å². The molecule has 5 nitrogen and oxygen atoms in total. The fourth-order valence-corrected chi connectivity index (χ4v) is 3.76. The van der Waals surface area contributed by atoms with Crippen LogP contribution in [-0.4, -0.2) is 41.9 Å². The summed E-state index contributed by atoms with van der Waals surface area (Å²) in [6.45, 7) is 7.19. The minimum absolute atomic E-state index is 0.00145. The number of nitrogens with one attached hydrogen (secondary N) is 1. The molecular formula is C24H29ClN2O3. The fourth-order valence-electron chi connectivity index (χ4n) is 3.63. The van der Waals surface area contributed by atoms with E-state index in [9.17, 15) is 9.59 Å². The number of benzene rings is 2. The molecule has 1 N–H and O–H groups in total. The molecule has 2 aromatic rings. The van der Waals surface area contributed by atoms with Gasteiger partial charge in [-0.1, -0.05) is 43.6 Å². The van der Waals surface area contributed by atoms with E-state index in [-0.39, 0.29) is 17.9 Å². The first-order valence-electron chi connectivity index (χ1n) is 10.5. The number of likely N-dealkylation sites (tertiary alicyclic amines) is 1. The molecule has 2 aromatic carbocycles.